The number of ether oxygens (including phenoxy) is 3. The zero-order valence-corrected chi connectivity index (χ0v) is 18.9. The fourth-order valence-electron chi connectivity index (χ4n) is 5.29. The minimum absolute atomic E-state index is 0.114. The van der Waals surface area contributed by atoms with Crippen molar-refractivity contribution in [2.45, 2.75) is 51.1 Å². The van der Waals surface area contributed by atoms with Crippen LogP contribution < -0.4 is 4.74 Å². The van der Waals surface area contributed by atoms with Crippen molar-refractivity contribution >= 4 is 16.8 Å². The van der Waals surface area contributed by atoms with Gasteiger partial charge in [-0.1, -0.05) is 24.3 Å². The van der Waals surface area contributed by atoms with E-state index in [0.29, 0.717) is 39.1 Å². The van der Waals surface area contributed by atoms with Crippen LogP contribution in [0.1, 0.15) is 36.8 Å². The fourth-order valence-corrected chi connectivity index (χ4v) is 5.29. The summed E-state index contributed by atoms with van der Waals surface area (Å²) in [7, 11) is 0. The average Bonchev–Trinajstić information content (AvgIpc) is 3.40. The molecule has 170 valence electrons. The lowest BCUT2D eigenvalue weighted by Crippen LogP contribution is -2.54. The summed E-state index contributed by atoms with van der Waals surface area (Å²) in [4.78, 5) is 19.1. The minimum Gasteiger partial charge on any atom is -0.462 e. The van der Waals surface area contributed by atoms with Gasteiger partial charge in [0, 0.05) is 49.7 Å². The van der Waals surface area contributed by atoms with Crippen LogP contribution in [0.3, 0.4) is 0 Å². The second-order valence-corrected chi connectivity index (χ2v) is 9.26. The smallest absolute Gasteiger partial charge is 0.251 e. The maximum atomic E-state index is 12.7. The average molecular weight is 445 g/mol. The molecular weight excluding hydrogens is 416 g/mol. The molecule has 0 N–H and O–H groups in total. The molecule has 1 aromatic heterocycles. The van der Waals surface area contributed by atoms with Crippen LogP contribution >= 0.6 is 0 Å². The molecule has 2 aromatic carbocycles. The fraction of sp³-hybridized carbons (Fsp3) is 0.407. The van der Waals surface area contributed by atoms with Crippen molar-refractivity contribution in [1.82, 2.24) is 9.88 Å². The summed E-state index contributed by atoms with van der Waals surface area (Å²) in [6.07, 6.45) is 4.71. The number of hydrogen-bond acceptors (Lipinski definition) is 5. The van der Waals surface area contributed by atoms with Crippen LogP contribution in [-0.2, 0) is 20.9 Å². The van der Waals surface area contributed by atoms with E-state index in [9.17, 15) is 4.79 Å². The Labute approximate surface area is 193 Å². The van der Waals surface area contributed by atoms with E-state index >= 15 is 0 Å². The van der Waals surface area contributed by atoms with Crippen LogP contribution in [0.4, 0.5) is 0 Å². The maximum absolute atomic E-state index is 12.7. The first-order chi connectivity index (χ1) is 16.1. The molecule has 1 atom stereocenters. The SMILES string of the molecule is Cc1c(-c2ccc3c(c2)COC2(CCN(C(=O)[C@H]4CCCO4)CC2)O3)ccc2cccnc12. The van der Waals surface area contributed by atoms with Crippen molar-refractivity contribution in [1.29, 1.82) is 0 Å². The first-order valence-electron chi connectivity index (χ1n) is 11.8. The van der Waals surface area contributed by atoms with Gasteiger partial charge in [0.2, 0.25) is 5.79 Å². The molecule has 3 aliphatic heterocycles. The van der Waals surface area contributed by atoms with Crippen LogP contribution in [0.2, 0.25) is 0 Å². The van der Waals surface area contributed by atoms with Crippen molar-refractivity contribution in [2.24, 2.45) is 0 Å². The molecule has 6 heteroatoms. The van der Waals surface area contributed by atoms with Gasteiger partial charge in [-0.3, -0.25) is 9.78 Å². The van der Waals surface area contributed by atoms with Gasteiger partial charge in [0.05, 0.1) is 12.1 Å². The summed E-state index contributed by atoms with van der Waals surface area (Å²) < 4.78 is 18.2. The van der Waals surface area contributed by atoms with Gasteiger partial charge in [-0.05, 0) is 54.7 Å². The molecule has 33 heavy (non-hydrogen) atoms. The molecule has 1 amide bonds. The second kappa shape index (κ2) is 8.12. The molecule has 3 aromatic rings. The topological polar surface area (TPSA) is 60.9 Å². The van der Waals surface area contributed by atoms with Crippen molar-refractivity contribution < 1.29 is 19.0 Å². The number of benzene rings is 2. The predicted octanol–water partition coefficient (Wildman–Crippen LogP) is 4.62. The summed E-state index contributed by atoms with van der Waals surface area (Å²) in [5.41, 5.74) is 5.56. The molecule has 2 fully saturated rings. The number of likely N-dealkylation sites (tertiary alicyclic amines) is 1. The number of amides is 1. The lowest BCUT2D eigenvalue weighted by atomic mass is 9.95. The van der Waals surface area contributed by atoms with Gasteiger partial charge in [0.15, 0.2) is 0 Å². The van der Waals surface area contributed by atoms with Crippen LogP contribution in [0, 0.1) is 6.92 Å². The van der Waals surface area contributed by atoms with E-state index in [0.717, 1.165) is 40.6 Å². The third kappa shape index (κ3) is 3.67. The van der Waals surface area contributed by atoms with Gasteiger partial charge >= 0.3 is 0 Å². The first kappa shape index (κ1) is 20.6. The minimum atomic E-state index is -0.648. The summed E-state index contributed by atoms with van der Waals surface area (Å²) >= 11 is 0. The highest BCUT2D eigenvalue weighted by Gasteiger charge is 2.43. The summed E-state index contributed by atoms with van der Waals surface area (Å²) in [5.74, 6) is 0.342. The second-order valence-electron chi connectivity index (χ2n) is 9.26. The molecule has 6 nitrogen and oxygen atoms in total. The summed E-state index contributed by atoms with van der Waals surface area (Å²) in [5, 5.41) is 1.15. The number of pyridine rings is 1. The molecule has 0 aliphatic carbocycles. The highest BCUT2D eigenvalue weighted by molar-refractivity contribution is 5.88. The van der Waals surface area contributed by atoms with E-state index in [1.54, 1.807) is 0 Å². The van der Waals surface area contributed by atoms with E-state index in [4.69, 9.17) is 14.2 Å². The maximum Gasteiger partial charge on any atom is 0.251 e. The quantitative estimate of drug-likeness (QED) is 0.577. The van der Waals surface area contributed by atoms with Gasteiger partial charge in [-0.2, -0.15) is 0 Å². The molecule has 0 bridgehead atoms. The van der Waals surface area contributed by atoms with Crippen LogP contribution in [0.15, 0.2) is 48.7 Å². The Balaban J connectivity index is 1.19. The molecule has 2 saturated heterocycles. The molecule has 4 heterocycles. The zero-order valence-electron chi connectivity index (χ0n) is 18.9. The van der Waals surface area contributed by atoms with Gasteiger partial charge in [-0.15, -0.1) is 0 Å². The van der Waals surface area contributed by atoms with E-state index in [2.05, 4.69) is 48.3 Å². The van der Waals surface area contributed by atoms with Gasteiger partial charge < -0.3 is 19.1 Å². The highest BCUT2D eigenvalue weighted by Crippen LogP contribution is 2.40. The van der Waals surface area contributed by atoms with Crippen molar-refractivity contribution in [3.8, 4) is 16.9 Å². The summed E-state index contributed by atoms with van der Waals surface area (Å²) in [6, 6.07) is 14.7. The lowest BCUT2D eigenvalue weighted by Gasteiger charge is -2.44. The number of hydrogen-bond donors (Lipinski definition) is 0. The normalized spacial score (nSPS) is 21.7. The van der Waals surface area contributed by atoms with Gasteiger partial charge in [0.25, 0.3) is 5.91 Å². The number of nitrogens with zero attached hydrogens (tertiary/aromatic N) is 2. The molecule has 0 unspecified atom stereocenters. The Morgan fingerprint density at radius 1 is 1.15 bits per heavy atom. The Morgan fingerprint density at radius 3 is 2.85 bits per heavy atom. The molecule has 1 spiro atoms. The van der Waals surface area contributed by atoms with Crippen molar-refractivity contribution in [2.75, 3.05) is 19.7 Å². The van der Waals surface area contributed by atoms with Crippen molar-refractivity contribution in [3.63, 3.8) is 0 Å². The molecular formula is C27H28N2O4. The van der Waals surface area contributed by atoms with Crippen molar-refractivity contribution in [3.05, 3.63) is 59.8 Å². The number of carbonyl (C=O) groups is 1. The predicted molar refractivity (Wildman–Crippen MR) is 125 cm³/mol. The van der Waals surface area contributed by atoms with E-state index in [1.165, 1.54) is 11.1 Å². The summed E-state index contributed by atoms with van der Waals surface area (Å²) in [6.45, 7) is 4.59. The molecule has 3 aliphatic rings. The van der Waals surface area contributed by atoms with Gasteiger partial charge in [-0.25, -0.2) is 0 Å². The van der Waals surface area contributed by atoms with Gasteiger partial charge in [0.1, 0.15) is 11.9 Å². The zero-order chi connectivity index (χ0) is 22.4. The van der Waals surface area contributed by atoms with Crippen LogP contribution in [-0.4, -0.2) is 47.4 Å². The van der Waals surface area contributed by atoms with E-state index < -0.39 is 5.79 Å². The molecule has 6 rings (SSSR count). The Kier molecular flexibility index (Phi) is 5.07. The highest BCUT2D eigenvalue weighted by atomic mass is 16.7. The molecule has 0 radical (unpaired) electrons. The Morgan fingerprint density at radius 2 is 2.03 bits per heavy atom. The lowest BCUT2D eigenvalue weighted by molar-refractivity contribution is -0.228. The number of aryl methyl sites for hydroxylation is 1. The Bertz CT molecular complexity index is 1210. The molecule has 0 saturated carbocycles. The largest absolute Gasteiger partial charge is 0.462 e. The number of rotatable bonds is 2. The van der Waals surface area contributed by atoms with Crippen LogP contribution in [0.5, 0.6) is 5.75 Å². The first-order valence-corrected chi connectivity index (χ1v) is 11.8. The van der Waals surface area contributed by atoms with Crippen LogP contribution in [0.25, 0.3) is 22.0 Å². The van der Waals surface area contributed by atoms with E-state index in [-0.39, 0.29) is 12.0 Å². The third-order valence-electron chi connectivity index (χ3n) is 7.23. The third-order valence-corrected chi connectivity index (χ3v) is 7.23. The number of carbonyl (C=O) groups excluding carboxylic acids is 1. The number of piperidine rings is 1. The number of aromatic nitrogens is 1. The standard InChI is InChI=1S/C27H28N2O4/c1-18-22(8-6-19-4-2-12-28-25(18)19)20-7-9-23-21(16-20)17-32-27(33-23)10-13-29(14-11-27)26(30)24-5-3-15-31-24/h2,4,6-9,12,16,24H,3,5,10-11,13-15,17H2,1H3/t24-/m1/s1. The monoisotopic (exact) mass is 444 g/mol. The Hall–Kier alpha value is -2.96. The van der Waals surface area contributed by atoms with E-state index in [1.807, 2.05) is 17.2 Å². The number of fused-ring (bicyclic) bond motifs is 2.